The van der Waals surface area contributed by atoms with Gasteiger partial charge in [0.25, 0.3) is 5.69 Å². The van der Waals surface area contributed by atoms with E-state index in [2.05, 4.69) is 0 Å². The molecule has 1 aromatic carbocycles. The van der Waals surface area contributed by atoms with Crippen molar-refractivity contribution in [2.24, 2.45) is 0 Å². The van der Waals surface area contributed by atoms with E-state index in [1.165, 1.54) is 18.2 Å². The summed E-state index contributed by atoms with van der Waals surface area (Å²) in [4.78, 5) is 10.5. The quantitative estimate of drug-likeness (QED) is 0.645. The van der Waals surface area contributed by atoms with Gasteiger partial charge < -0.3 is 5.11 Å². The molecule has 0 radical (unpaired) electrons. The number of rotatable bonds is 5. The molecule has 0 heterocycles. The van der Waals surface area contributed by atoms with Crippen LogP contribution in [0.1, 0.15) is 20.3 Å². The third-order valence-corrected chi connectivity index (χ3v) is 3.55. The topological polar surface area (TPSA) is 80.4 Å². The molecule has 0 aliphatic heterocycles. The number of aliphatic hydroxyl groups is 1. The first-order chi connectivity index (χ1) is 7.79. The van der Waals surface area contributed by atoms with Gasteiger partial charge in [-0.2, -0.15) is 0 Å². The van der Waals surface area contributed by atoms with Crippen LogP contribution in [0.2, 0.25) is 0 Å². The van der Waals surface area contributed by atoms with Gasteiger partial charge in [0.05, 0.1) is 21.3 Å². The van der Waals surface area contributed by atoms with E-state index < -0.39 is 21.3 Å². The Morgan fingerprint density at radius 1 is 1.47 bits per heavy atom. The highest BCUT2D eigenvalue weighted by Gasteiger charge is 2.16. The first-order valence-electron chi connectivity index (χ1n) is 5.15. The molecule has 0 bridgehead atoms. The van der Waals surface area contributed by atoms with Crippen molar-refractivity contribution in [3.05, 3.63) is 34.4 Å². The van der Waals surface area contributed by atoms with Gasteiger partial charge in [-0.1, -0.05) is 6.07 Å². The summed E-state index contributed by atoms with van der Waals surface area (Å²) in [6, 6.07) is 5.76. The highest BCUT2D eigenvalue weighted by Crippen LogP contribution is 2.18. The Kier molecular flexibility index (Phi) is 4.36. The summed E-state index contributed by atoms with van der Waals surface area (Å²) in [5.41, 5.74) is -0.949. The van der Waals surface area contributed by atoms with Crippen molar-refractivity contribution < 1.29 is 14.2 Å². The molecule has 0 aliphatic rings. The van der Waals surface area contributed by atoms with Gasteiger partial charge in [-0.3, -0.25) is 14.3 Å². The first kappa shape index (κ1) is 13.8. The number of hydrogen-bond donors (Lipinski definition) is 1. The van der Waals surface area contributed by atoms with Crippen LogP contribution in [0, 0.1) is 10.1 Å². The molecule has 1 aromatic rings. The highest BCUT2D eigenvalue weighted by molar-refractivity contribution is 7.85. The zero-order valence-corrected chi connectivity index (χ0v) is 10.6. The number of nitro benzene ring substituents is 1. The maximum Gasteiger partial charge on any atom is 0.270 e. The van der Waals surface area contributed by atoms with Crippen LogP contribution in [0.4, 0.5) is 5.69 Å². The zero-order valence-electron chi connectivity index (χ0n) is 9.75. The molecule has 1 rings (SSSR count). The smallest absolute Gasteiger partial charge is 0.270 e. The van der Waals surface area contributed by atoms with Crippen molar-refractivity contribution in [3.63, 3.8) is 0 Å². The highest BCUT2D eigenvalue weighted by atomic mass is 32.2. The van der Waals surface area contributed by atoms with Crippen LogP contribution in [0.15, 0.2) is 29.2 Å². The second-order valence-corrected chi connectivity index (χ2v) is 5.94. The second kappa shape index (κ2) is 5.37. The standard InChI is InChI=1S/C11H15NO4S/c1-11(2,13)6-7-17(16)10-5-3-4-9(8-10)12(14)15/h3-5,8,13H,6-7H2,1-2H3. The van der Waals surface area contributed by atoms with Gasteiger partial charge in [-0.05, 0) is 26.3 Å². The van der Waals surface area contributed by atoms with Gasteiger partial charge in [0.2, 0.25) is 0 Å². The van der Waals surface area contributed by atoms with E-state index in [-0.39, 0.29) is 11.4 Å². The molecule has 0 saturated carbocycles. The normalized spacial score (nSPS) is 13.4. The van der Waals surface area contributed by atoms with Crippen molar-refractivity contribution in [2.75, 3.05) is 5.75 Å². The Labute approximate surface area is 102 Å². The summed E-state index contributed by atoms with van der Waals surface area (Å²) in [6.45, 7) is 3.27. The Morgan fingerprint density at radius 2 is 2.12 bits per heavy atom. The molecule has 1 N–H and O–H groups in total. The first-order valence-corrected chi connectivity index (χ1v) is 6.47. The lowest BCUT2D eigenvalue weighted by atomic mass is 10.1. The monoisotopic (exact) mass is 257 g/mol. The Hall–Kier alpha value is -1.27. The van der Waals surface area contributed by atoms with Gasteiger partial charge in [-0.15, -0.1) is 0 Å². The van der Waals surface area contributed by atoms with Gasteiger partial charge in [0.1, 0.15) is 0 Å². The van der Waals surface area contributed by atoms with Crippen LogP contribution in [-0.4, -0.2) is 25.6 Å². The third-order valence-electron chi connectivity index (χ3n) is 2.19. The molecule has 0 spiro atoms. The van der Waals surface area contributed by atoms with E-state index in [0.717, 1.165) is 0 Å². The number of nitrogens with zero attached hydrogens (tertiary/aromatic N) is 1. The van der Waals surface area contributed by atoms with Crippen molar-refractivity contribution in [2.45, 2.75) is 30.8 Å². The molecule has 0 saturated heterocycles. The lowest BCUT2D eigenvalue weighted by Gasteiger charge is -2.16. The molecule has 0 aliphatic carbocycles. The van der Waals surface area contributed by atoms with Crippen LogP contribution >= 0.6 is 0 Å². The predicted molar refractivity (Wildman–Crippen MR) is 65.3 cm³/mol. The summed E-state index contributed by atoms with van der Waals surface area (Å²) >= 11 is 0. The van der Waals surface area contributed by atoms with E-state index in [0.29, 0.717) is 11.3 Å². The van der Waals surface area contributed by atoms with Crippen LogP contribution in [0.3, 0.4) is 0 Å². The Balaban J connectivity index is 2.76. The van der Waals surface area contributed by atoms with Crippen LogP contribution < -0.4 is 0 Å². The van der Waals surface area contributed by atoms with E-state index in [4.69, 9.17) is 0 Å². The SMILES string of the molecule is CC(C)(O)CCS(=O)c1cccc([N+](=O)[O-])c1. The average molecular weight is 257 g/mol. The van der Waals surface area contributed by atoms with E-state index >= 15 is 0 Å². The molecule has 0 amide bonds. The van der Waals surface area contributed by atoms with E-state index in [1.807, 2.05) is 0 Å². The van der Waals surface area contributed by atoms with Gasteiger partial charge in [0, 0.05) is 22.8 Å². The summed E-state index contributed by atoms with van der Waals surface area (Å²) < 4.78 is 11.8. The summed E-state index contributed by atoms with van der Waals surface area (Å²) in [7, 11) is -1.32. The van der Waals surface area contributed by atoms with Crippen LogP contribution in [0.5, 0.6) is 0 Å². The van der Waals surface area contributed by atoms with Crippen molar-refractivity contribution in [1.29, 1.82) is 0 Å². The number of nitro groups is 1. The minimum absolute atomic E-state index is 0.0703. The largest absolute Gasteiger partial charge is 0.390 e. The minimum Gasteiger partial charge on any atom is -0.390 e. The molecule has 94 valence electrons. The lowest BCUT2D eigenvalue weighted by Crippen LogP contribution is -2.21. The lowest BCUT2D eigenvalue weighted by molar-refractivity contribution is -0.385. The molecule has 1 unspecified atom stereocenters. The molecular weight excluding hydrogens is 242 g/mol. The molecular formula is C11H15NO4S. The van der Waals surface area contributed by atoms with Crippen LogP contribution in [0.25, 0.3) is 0 Å². The molecule has 5 nitrogen and oxygen atoms in total. The van der Waals surface area contributed by atoms with Crippen molar-refractivity contribution in [3.8, 4) is 0 Å². The van der Waals surface area contributed by atoms with E-state index in [9.17, 15) is 19.4 Å². The average Bonchev–Trinajstić information content (AvgIpc) is 2.25. The van der Waals surface area contributed by atoms with Crippen LogP contribution in [-0.2, 0) is 10.8 Å². The molecule has 0 aromatic heterocycles. The maximum atomic E-state index is 11.8. The third kappa shape index (κ3) is 4.62. The number of non-ortho nitro benzene ring substituents is 1. The molecule has 0 fully saturated rings. The van der Waals surface area contributed by atoms with Gasteiger partial charge in [-0.25, -0.2) is 0 Å². The van der Waals surface area contributed by atoms with Gasteiger partial charge in [0.15, 0.2) is 0 Å². The summed E-state index contributed by atoms with van der Waals surface area (Å²) in [5.74, 6) is 0.282. The Morgan fingerprint density at radius 3 is 2.65 bits per heavy atom. The van der Waals surface area contributed by atoms with E-state index in [1.54, 1.807) is 19.9 Å². The summed E-state index contributed by atoms with van der Waals surface area (Å²) in [5, 5.41) is 20.1. The predicted octanol–water partition coefficient (Wildman–Crippen LogP) is 1.86. The van der Waals surface area contributed by atoms with Crippen molar-refractivity contribution in [1.82, 2.24) is 0 Å². The Bertz CT molecular complexity index is 439. The fourth-order valence-corrected chi connectivity index (χ4v) is 2.60. The zero-order chi connectivity index (χ0) is 13.1. The van der Waals surface area contributed by atoms with Gasteiger partial charge >= 0.3 is 0 Å². The molecule has 1 atom stereocenters. The second-order valence-electron chi connectivity index (χ2n) is 4.37. The van der Waals surface area contributed by atoms with Crippen molar-refractivity contribution >= 4 is 16.5 Å². The number of hydrogen-bond acceptors (Lipinski definition) is 4. The fourth-order valence-electron chi connectivity index (χ4n) is 1.20. The minimum atomic E-state index is -1.32. The fraction of sp³-hybridized carbons (Fsp3) is 0.455. The number of benzene rings is 1. The maximum absolute atomic E-state index is 11.8. The summed E-state index contributed by atoms with van der Waals surface area (Å²) in [6.07, 6.45) is 0.377. The molecule has 17 heavy (non-hydrogen) atoms. The molecule has 6 heteroatoms.